The van der Waals surface area contributed by atoms with Gasteiger partial charge in [0.1, 0.15) is 11.6 Å². The van der Waals surface area contributed by atoms with Crippen LogP contribution in [-0.4, -0.2) is 16.2 Å². The molecule has 0 amide bonds. The molecule has 1 aromatic heterocycles. The van der Waals surface area contributed by atoms with Gasteiger partial charge in [-0.15, -0.1) is 0 Å². The molecule has 0 aliphatic heterocycles. The highest BCUT2D eigenvalue weighted by Crippen LogP contribution is 2.26. The molecule has 0 bridgehead atoms. The first-order valence-electron chi connectivity index (χ1n) is 13.0. The maximum Gasteiger partial charge on any atom is 0.122 e. The van der Waals surface area contributed by atoms with Crippen molar-refractivity contribution in [3.05, 3.63) is 120 Å². The van der Waals surface area contributed by atoms with E-state index in [2.05, 4.69) is 122 Å². The first kappa shape index (κ1) is 23.9. The van der Waals surface area contributed by atoms with Crippen molar-refractivity contribution in [2.24, 2.45) is 0 Å². The molecule has 0 saturated heterocycles. The second-order valence-corrected chi connectivity index (χ2v) is 9.66. The maximum absolute atomic E-state index is 6.15. The van der Waals surface area contributed by atoms with Gasteiger partial charge in [0.05, 0.1) is 17.6 Å². The number of nitrogens with zero attached hydrogens (tertiary/aromatic N) is 2. The quantitative estimate of drug-likeness (QED) is 0.190. The Hall–Kier alpha value is -3.85. The minimum Gasteiger partial charge on any atom is -0.493 e. The van der Waals surface area contributed by atoms with Gasteiger partial charge in [-0.05, 0) is 59.2 Å². The van der Waals surface area contributed by atoms with E-state index >= 15 is 0 Å². The third kappa shape index (κ3) is 5.52. The smallest absolute Gasteiger partial charge is 0.122 e. The normalized spacial score (nSPS) is 11.3. The number of hydrogen-bond donors (Lipinski definition) is 0. The standard InChI is InChI=1S/C33H34N2O/c1-25(2)29-14-6-9-17-32(29)36-23-11-10-22-35-31-16-8-7-15-30(31)34-33(35)24-26-18-20-28(21-19-26)27-12-4-3-5-13-27/h3-9,12-21,25H,10-11,22-24H2,1-2H3. The fourth-order valence-corrected chi connectivity index (χ4v) is 4.78. The van der Waals surface area contributed by atoms with Crippen molar-refractivity contribution < 1.29 is 4.74 Å². The van der Waals surface area contributed by atoms with Crippen LogP contribution in [0.3, 0.4) is 0 Å². The minimum absolute atomic E-state index is 0.461. The Morgan fingerprint density at radius 1 is 0.722 bits per heavy atom. The SMILES string of the molecule is CC(C)c1ccccc1OCCCCn1c(Cc2ccc(-c3ccccc3)cc2)nc2ccccc21. The molecular weight excluding hydrogens is 440 g/mol. The van der Waals surface area contributed by atoms with Crippen molar-refractivity contribution in [1.29, 1.82) is 0 Å². The fraction of sp³-hybridized carbons (Fsp3) is 0.242. The van der Waals surface area contributed by atoms with Gasteiger partial charge in [-0.2, -0.15) is 0 Å². The van der Waals surface area contributed by atoms with Crippen LogP contribution in [0.1, 0.15) is 49.6 Å². The van der Waals surface area contributed by atoms with Gasteiger partial charge in [-0.3, -0.25) is 0 Å². The van der Waals surface area contributed by atoms with Crippen molar-refractivity contribution >= 4 is 11.0 Å². The Balaban J connectivity index is 1.25. The number of hydrogen-bond acceptors (Lipinski definition) is 2. The molecule has 0 N–H and O–H groups in total. The van der Waals surface area contributed by atoms with E-state index in [1.807, 2.05) is 0 Å². The van der Waals surface area contributed by atoms with E-state index in [1.165, 1.54) is 27.8 Å². The van der Waals surface area contributed by atoms with Gasteiger partial charge in [0.25, 0.3) is 0 Å². The van der Waals surface area contributed by atoms with E-state index < -0.39 is 0 Å². The lowest BCUT2D eigenvalue weighted by atomic mass is 10.0. The molecule has 3 nitrogen and oxygen atoms in total. The first-order valence-corrected chi connectivity index (χ1v) is 13.0. The molecule has 1 heterocycles. The number of benzene rings is 4. The molecular formula is C33H34N2O. The van der Waals surface area contributed by atoms with Gasteiger partial charge >= 0.3 is 0 Å². The van der Waals surface area contributed by atoms with Gasteiger partial charge in [-0.25, -0.2) is 4.98 Å². The van der Waals surface area contributed by atoms with Crippen LogP contribution in [0.2, 0.25) is 0 Å². The number of unbranched alkanes of at least 4 members (excludes halogenated alkanes) is 1. The fourth-order valence-electron chi connectivity index (χ4n) is 4.78. The number of aryl methyl sites for hydroxylation is 1. The van der Waals surface area contributed by atoms with Crippen LogP contribution in [-0.2, 0) is 13.0 Å². The van der Waals surface area contributed by atoms with Crippen molar-refractivity contribution in [2.75, 3.05) is 6.61 Å². The number of ether oxygens (including phenoxy) is 1. The molecule has 3 heteroatoms. The summed E-state index contributed by atoms with van der Waals surface area (Å²) >= 11 is 0. The van der Waals surface area contributed by atoms with Gasteiger partial charge in [0.15, 0.2) is 0 Å². The van der Waals surface area contributed by atoms with Gasteiger partial charge in [0.2, 0.25) is 0 Å². The van der Waals surface area contributed by atoms with Gasteiger partial charge < -0.3 is 9.30 Å². The number of imidazole rings is 1. The molecule has 5 rings (SSSR count). The number of rotatable bonds is 10. The molecule has 0 radical (unpaired) electrons. The van der Waals surface area contributed by atoms with E-state index in [1.54, 1.807) is 0 Å². The second kappa shape index (κ2) is 11.3. The summed E-state index contributed by atoms with van der Waals surface area (Å²) in [5.74, 6) is 2.60. The van der Waals surface area contributed by atoms with Crippen molar-refractivity contribution in [3.63, 3.8) is 0 Å². The summed E-state index contributed by atoms with van der Waals surface area (Å²) < 4.78 is 8.55. The molecule has 0 unspecified atom stereocenters. The summed E-state index contributed by atoms with van der Waals surface area (Å²) in [6, 6.07) is 36.3. The lowest BCUT2D eigenvalue weighted by molar-refractivity contribution is 0.299. The van der Waals surface area contributed by atoms with Crippen LogP contribution in [0.25, 0.3) is 22.2 Å². The first-order chi connectivity index (χ1) is 17.7. The van der Waals surface area contributed by atoms with Crippen LogP contribution < -0.4 is 4.74 Å². The Morgan fingerprint density at radius 3 is 2.22 bits per heavy atom. The molecule has 36 heavy (non-hydrogen) atoms. The summed E-state index contributed by atoms with van der Waals surface area (Å²) in [6.45, 7) is 6.09. The lowest BCUT2D eigenvalue weighted by Gasteiger charge is -2.14. The van der Waals surface area contributed by atoms with Gasteiger partial charge in [0, 0.05) is 13.0 Å². The van der Waals surface area contributed by atoms with Crippen molar-refractivity contribution in [2.45, 2.75) is 45.6 Å². The third-order valence-corrected chi connectivity index (χ3v) is 6.73. The summed E-state index contributed by atoms with van der Waals surface area (Å²) in [6.07, 6.45) is 2.87. The van der Waals surface area contributed by atoms with Crippen LogP contribution in [0.15, 0.2) is 103 Å². The zero-order chi connectivity index (χ0) is 24.7. The molecule has 0 spiro atoms. The lowest BCUT2D eigenvalue weighted by Crippen LogP contribution is -2.07. The average Bonchev–Trinajstić information content (AvgIpc) is 3.26. The van der Waals surface area contributed by atoms with E-state index in [4.69, 9.17) is 9.72 Å². The van der Waals surface area contributed by atoms with E-state index in [0.717, 1.165) is 49.5 Å². The van der Waals surface area contributed by atoms with E-state index in [-0.39, 0.29) is 0 Å². The summed E-state index contributed by atoms with van der Waals surface area (Å²) in [4.78, 5) is 5.00. The van der Waals surface area contributed by atoms with Crippen LogP contribution in [0, 0.1) is 0 Å². The van der Waals surface area contributed by atoms with Crippen LogP contribution in [0.5, 0.6) is 5.75 Å². The third-order valence-electron chi connectivity index (χ3n) is 6.73. The van der Waals surface area contributed by atoms with E-state index in [0.29, 0.717) is 5.92 Å². The Morgan fingerprint density at radius 2 is 1.42 bits per heavy atom. The number of para-hydroxylation sites is 3. The van der Waals surface area contributed by atoms with E-state index in [9.17, 15) is 0 Å². The second-order valence-electron chi connectivity index (χ2n) is 9.66. The molecule has 4 aromatic carbocycles. The summed E-state index contributed by atoms with van der Waals surface area (Å²) in [5, 5.41) is 0. The Bertz CT molecular complexity index is 1400. The zero-order valence-corrected chi connectivity index (χ0v) is 21.2. The highest BCUT2D eigenvalue weighted by Gasteiger charge is 2.12. The number of aromatic nitrogens is 2. The molecule has 0 aliphatic carbocycles. The zero-order valence-electron chi connectivity index (χ0n) is 21.2. The predicted molar refractivity (Wildman–Crippen MR) is 150 cm³/mol. The van der Waals surface area contributed by atoms with Crippen LogP contribution in [0.4, 0.5) is 0 Å². The average molecular weight is 475 g/mol. The minimum atomic E-state index is 0.461. The van der Waals surface area contributed by atoms with Gasteiger partial charge in [-0.1, -0.05) is 98.8 Å². The molecule has 0 saturated carbocycles. The van der Waals surface area contributed by atoms with Crippen molar-refractivity contribution in [3.8, 4) is 16.9 Å². The Kier molecular flexibility index (Phi) is 7.47. The Labute approximate surface area is 214 Å². The van der Waals surface area contributed by atoms with Crippen molar-refractivity contribution in [1.82, 2.24) is 9.55 Å². The predicted octanol–water partition coefficient (Wildman–Crippen LogP) is 8.28. The molecule has 182 valence electrons. The highest BCUT2D eigenvalue weighted by atomic mass is 16.5. The summed E-state index contributed by atoms with van der Waals surface area (Å²) in [5.41, 5.74) is 7.31. The molecule has 0 fully saturated rings. The number of fused-ring (bicyclic) bond motifs is 1. The molecule has 0 aliphatic rings. The monoisotopic (exact) mass is 474 g/mol. The molecule has 5 aromatic rings. The molecule has 0 atom stereocenters. The summed E-state index contributed by atoms with van der Waals surface area (Å²) in [7, 11) is 0. The van der Waals surface area contributed by atoms with Crippen LogP contribution >= 0.6 is 0 Å². The largest absolute Gasteiger partial charge is 0.493 e. The highest BCUT2D eigenvalue weighted by molar-refractivity contribution is 5.76. The maximum atomic E-state index is 6.15. The topological polar surface area (TPSA) is 27.1 Å².